The minimum atomic E-state index is -4.46. The van der Waals surface area contributed by atoms with Crippen molar-refractivity contribution in [1.29, 1.82) is 0 Å². The standard InChI is InChI=1S/C22H23ClF3N5O2/c1-14-3-6-16(23)19(11-14)33-13-30-10-7-17(28-30)21(32)27-8-2-9-31-18(15-4-5-15)12-20(29-31)22(24,25)26/h3,6-7,10-12,15H,2,4-5,8-9,13H2,1H3,(H,27,32). The molecule has 0 atom stereocenters. The van der Waals surface area contributed by atoms with E-state index in [0.29, 0.717) is 29.4 Å². The van der Waals surface area contributed by atoms with Gasteiger partial charge in [-0.3, -0.25) is 9.48 Å². The third-order valence-corrected chi connectivity index (χ3v) is 5.55. The highest BCUT2D eigenvalue weighted by atomic mass is 35.5. The fraction of sp³-hybridized carbons (Fsp3) is 0.409. The number of alkyl halides is 3. The number of rotatable bonds is 9. The zero-order chi connectivity index (χ0) is 23.6. The summed E-state index contributed by atoms with van der Waals surface area (Å²) in [5.41, 5.74) is 0.962. The molecule has 0 saturated heterocycles. The van der Waals surface area contributed by atoms with Crippen LogP contribution in [0.3, 0.4) is 0 Å². The molecule has 2 heterocycles. The van der Waals surface area contributed by atoms with Gasteiger partial charge in [0.15, 0.2) is 12.4 Å². The van der Waals surface area contributed by atoms with Crippen LogP contribution in [0.2, 0.25) is 5.02 Å². The SMILES string of the molecule is Cc1ccc(Cl)c(OCn2ccc(C(=O)NCCCn3nc(C(F)(F)F)cc3C3CC3)n2)c1. The molecule has 4 rings (SSSR count). The minimum Gasteiger partial charge on any atom is -0.470 e. The van der Waals surface area contributed by atoms with Crippen LogP contribution in [0, 0.1) is 6.92 Å². The van der Waals surface area contributed by atoms with Gasteiger partial charge in [0.1, 0.15) is 11.4 Å². The van der Waals surface area contributed by atoms with E-state index >= 15 is 0 Å². The van der Waals surface area contributed by atoms with Crippen molar-refractivity contribution < 1.29 is 22.7 Å². The lowest BCUT2D eigenvalue weighted by atomic mass is 10.2. The van der Waals surface area contributed by atoms with E-state index in [-0.39, 0.29) is 30.8 Å². The Morgan fingerprint density at radius 2 is 2.03 bits per heavy atom. The summed E-state index contributed by atoms with van der Waals surface area (Å²) in [5, 5.41) is 11.1. The van der Waals surface area contributed by atoms with Crippen molar-refractivity contribution in [3.8, 4) is 5.75 Å². The van der Waals surface area contributed by atoms with Gasteiger partial charge >= 0.3 is 6.18 Å². The van der Waals surface area contributed by atoms with Crippen LogP contribution in [-0.2, 0) is 19.5 Å². The number of aromatic nitrogens is 4. The summed E-state index contributed by atoms with van der Waals surface area (Å²) >= 11 is 6.11. The van der Waals surface area contributed by atoms with Gasteiger partial charge in [-0.2, -0.15) is 23.4 Å². The van der Waals surface area contributed by atoms with Gasteiger partial charge in [-0.25, -0.2) is 4.68 Å². The van der Waals surface area contributed by atoms with Crippen molar-refractivity contribution in [3.63, 3.8) is 0 Å². The number of ether oxygens (including phenoxy) is 1. The predicted molar refractivity (Wildman–Crippen MR) is 115 cm³/mol. The maximum atomic E-state index is 13.0. The Hall–Kier alpha value is -3.01. The van der Waals surface area contributed by atoms with Crippen LogP contribution >= 0.6 is 11.6 Å². The van der Waals surface area contributed by atoms with Crippen LogP contribution in [0.1, 0.15) is 52.6 Å². The van der Waals surface area contributed by atoms with Crippen LogP contribution in [0.15, 0.2) is 36.5 Å². The second-order valence-electron chi connectivity index (χ2n) is 8.01. The van der Waals surface area contributed by atoms with Crippen molar-refractivity contribution in [2.24, 2.45) is 0 Å². The Morgan fingerprint density at radius 1 is 1.24 bits per heavy atom. The minimum absolute atomic E-state index is 0.0846. The number of carbonyl (C=O) groups is 1. The molecule has 1 aliphatic carbocycles. The molecule has 1 aliphatic rings. The number of carbonyl (C=O) groups excluding carboxylic acids is 1. The highest BCUT2D eigenvalue weighted by molar-refractivity contribution is 6.32. The van der Waals surface area contributed by atoms with Crippen LogP contribution in [-0.4, -0.2) is 32.0 Å². The molecule has 33 heavy (non-hydrogen) atoms. The molecule has 176 valence electrons. The molecular weight excluding hydrogens is 459 g/mol. The number of nitrogens with one attached hydrogen (secondary N) is 1. The maximum Gasteiger partial charge on any atom is 0.435 e. The monoisotopic (exact) mass is 481 g/mol. The lowest BCUT2D eigenvalue weighted by Crippen LogP contribution is -2.26. The van der Waals surface area contributed by atoms with Gasteiger partial charge in [0.05, 0.1) is 5.02 Å². The molecule has 0 bridgehead atoms. The van der Waals surface area contributed by atoms with Crippen molar-refractivity contribution >= 4 is 17.5 Å². The van der Waals surface area contributed by atoms with E-state index < -0.39 is 11.9 Å². The summed E-state index contributed by atoms with van der Waals surface area (Å²) < 4.78 is 47.5. The Labute approximate surface area is 193 Å². The van der Waals surface area contributed by atoms with Gasteiger partial charge < -0.3 is 10.1 Å². The molecule has 1 amide bonds. The number of hydrogen-bond acceptors (Lipinski definition) is 4. The number of halogens is 4. The number of aryl methyl sites for hydroxylation is 2. The zero-order valence-corrected chi connectivity index (χ0v) is 18.7. The fourth-order valence-electron chi connectivity index (χ4n) is 3.39. The van der Waals surface area contributed by atoms with E-state index in [2.05, 4.69) is 15.5 Å². The lowest BCUT2D eigenvalue weighted by Gasteiger charge is -2.09. The number of amides is 1. The molecular formula is C22H23ClF3N5O2. The summed E-state index contributed by atoms with van der Waals surface area (Å²) in [5.74, 6) is 0.293. The van der Waals surface area contributed by atoms with Crippen molar-refractivity contribution in [2.45, 2.75) is 51.6 Å². The first-order valence-corrected chi connectivity index (χ1v) is 10.9. The van der Waals surface area contributed by atoms with E-state index in [0.717, 1.165) is 24.5 Å². The molecule has 0 spiro atoms. The molecule has 1 aromatic carbocycles. The van der Waals surface area contributed by atoms with Gasteiger partial charge in [0, 0.05) is 30.9 Å². The van der Waals surface area contributed by atoms with Gasteiger partial charge in [0.2, 0.25) is 0 Å². The van der Waals surface area contributed by atoms with Crippen molar-refractivity contribution in [2.75, 3.05) is 6.54 Å². The Kier molecular flexibility index (Phi) is 6.64. The largest absolute Gasteiger partial charge is 0.470 e. The lowest BCUT2D eigenvalue weighted by molar-refractivity contribution is -0.141. The number of benzene rings is 1. The Bertz CT molecular complexity index is 1140. The average molecular weight is 482 g/mol. The molecule has 0 aliphatic heterocycles. The van der Waals surface area contributed by atoms with E-state index in [1.165, 1.54) is 9.36 Å². The van der Waals surface area contributed by atoms with Gasteiger partial charge in [-0.05, 0) is 56.0 Å². The number of hydrogen-bond donors (Lipinski definition) is 1. The van der Waals surface area contributed by atoms with E-state index in [9.17, 15) is 18.0 Å². The predicted octanol–water partition coefficient (Wildman–Crippen LogP) is 4.79. The molecule has 1 fully saturated rings. The summed E-state index contributed by atoms with van der Waals surface area (Å²) in [7, 11) is 0. The first-order valence-electron chi connectivity index (χ1n) is 10.6. The summed E-state index contributed by atoms with van der Waals surface area (Å²) in [6.45, 7) is 2.59. The Morgan fingerprint density at radius 3 is 2.76 bits per heavy atom. The third kappa shape index (κ3) is 5.87. The van der Waals surface area contributed by atoms with Gasteiger partial charge in [-0.1, -0.05) is 17.7 Å². The Balaban J connectivity index is 1.26. The molecule has 0 unspecified atom stereocenters. The smallest absolute Gasteiger partial charge is 0.435 e. The van der Waals surface area contributed by atoms with Crippen molar-refractivity contribution in [1.82, 2.24) is 24.9 Å². The highest BCUT2D eigenvalue weighted by Gasteiger charge is 2.37. The highest BCUT2D eigenvalue weighted by Crippen LogP contribution is 2.42. The summed E-state index contributed by atoms with van der Waals surface area (Å²) in [6, 6.07) is 8.12. The molecule has 7 nitrogen and oxygen atoms in total. The second kappa shape index (κ2) is 9.46. The van der Waals surface area contributed by atoms with Crippen molar-refractivity contribution in [3.05, 3.63) is 64.2 Å². The van der Waals surface area contributed by atoms with Gasteiger partial charge in [0.25, 0.3) is 5.91 Å². The van der Waals surface area contributed by atoms with E-state index in [4.69, 9.17) is 16.3 Å². The third-order valence-electron chi connectivity index (χ3n) is 5.24. The van der Waals surface area contributed by atoms with Crippen LogP contribution < -0.4 is 10.1 Å². The molecule has 3 aromatic rings. The quantitative estimate of drug-likeness (QED) is 0.446. The second-order valence-corrected chi connectivity index (χ2v) is 8.41. The normalized spacial score (nSPS) is 13.8. The van der Waals surface area contributed by atoms with Crippen LogP contribution in [0.25, 0.3) is 0 Å². The molecule has 1 saturated carbocycles. The maximum absolute atomic E-state index is 13.0. The first kappa shape index (κ1) is 23.2. The topological polar surface area (TPSA) is 74.0 Å². The number of nitrogens with zero attached hydrogens (tertiary/aromatic N) is 4. The van der Waals surface area contributed by atoms with E-state index in [1.807, 2.05) is 19.1 Å². The fourth-order valence-corrected chi connectivity index (χ4v) is 3.56. The van der Waals surface area contributed by atoms with Crippen LogP contribution in [0.4, 0.5) is 13.2 Å². The molecule has 2 aromatic heterocycles. The zero-order valence-electron chi connectivity index (χ0n) is 17.9. The van der Waals surface area contributed by atoms with E-state index in [1.54, 1.807) is 18.3 Å². The van der Waals surface area contributed by atoms with Gasteiger partial charge in [-0.15, -0.1) is 0 Å². The first-order chi connectivity index (χ1) is 15.7. The summed E-state index contributed by atoms with van der Waals surface area (Å²) in [4.78, 5) is 12.3. The molecule has 11 heteroatoms. The summed E-state index contributed by atoms with van der Waals surface area (Å²) in [6.07, 6.45) is -0.649. The molecule has 0 radical (unpaired) electrons. The van der Waals surface area contributed by atoms with Crippen LogP contribution in [0.5, 0.6) is 5.75 Å². The average Bonchev–Trinajstić information content (AvgIpc) is 3.32. The molecule has 1 N–H and O–H groups in total.